The second-order valence-corrected chi connectivity index (χ2v) is 5.32. The van der Waals surface area contributed by atoms with Crippen molar-refractivity contribution < 1.29 is 13.5 Å². The molecule has 0 radical (unpaired) electrons. The van der Waals surface area contributed by atoms with Gasteiger partial charge in [-0.3, -0.25) is 0 Å². The summed E-state index contributed by atoms with van der Waals surface area (Å²) in [5, 5.41) is 3.31. The number of aryl methyl sites for hydroxylation is 1. The van der Waals surface area contributed by atoms with Gasteiger partial charge in [0, 0.05) is 24.2 Å². The molecule has 4 heteroatoms. The molecule has 0 aliphatic heterocycles. The van der Waals surface area contributed by atoms with E-state index in [1.165, 1.54) is 12.1 Å². The van der Waals surface area contributed by atoms with Crippen molar-refractivity contribution in [1.29, 1.82) is 0 Å². The van der Waals surface area contributed by atoms with Gasteiger partial charge in [-0.25, -0.2) is 8.78 Å². The largest absolute Gasteiger partial charge is 0.454 e. The van der Waals surface area contributed by atoms with Crippen LogP contribution in [0.4, 0.5) is 8.78 Å². The Hall–Kier alpha value is -1.94. The van der Waals surface area contributed by atoms with E-state index in [1.807, 2.05) is 19.1 Å². The first-order chi connectivity index (χ1) is 9.95. The second-order valence-electron chi connectivity index (χ2n) is 5.32. The standard InChI is InChI=1S/C17H19F2NO/c1-11(2)20-10-13-8-12(3)4-6-16(13)21-17-7-5-14(18)9-15(17)19/h4-9,11,20H,10H2,1-3H3. The van der Waals surface area contributed by atoms with Gasteiger partial charge in [-0.1, -0.05) is 31.5 Å². The van der Waals surface area contributed by atoms with Gasteiger partial charge in [-0.05, 0) is 25.1 Å². The van der Waals surface area contributed by atoms with Gasteiger partial charge >= 0.3 is 0 Å². The molecule has 0 atom stereocenters. The van der Waals surface area contributed by atoms with Crippen molar-refractivity contribution in [3.63, 3.8) is 0 Å². The monoisotopic (exact) mass is 291 g/mol. The minimum Gasteiger partial charge on any atom is -0.454 e. The van der Waals surface area contributed by atoms with Crippen LogP contribution in [0.2, 0.25) is 0 Å². The summed E-state index contributed by atoms with van der Waals surface area (Å²) in [6.07, 6.45) is 0. The Morgan fingerprint density at radius 2 is 1.76 bits per heavy atom. The summed E-state index contributed by atoms with van der Waals surface area (Å²) in [6, 6.07) is 9.32. The predicted molar refractivity (Wildman–Crippen MR) is 79.6 cm³/mol. The molecule has 0 aromatic heterocycles. The Bertz CT molecular complexity index is 626. The van der Waals surface area contributed by atoms with Crippen molar-refractivity contribution >= 4 is 0 Å². The fraction of sp³-hybridized carbons (Fsp3) is 0.294. The lowest BCUT2D eigenvalue weighted by Gasteiger charge is -2.14. The maximum atomic E-state index is 13.7. The topological polar surface area (TPSA) is 21.3 Å². The van der Waals surface area contributed by atoms with Crippen LogP contribution in [0.5, 0.6) is 11.5 Å². The molecule has 0 fully saturated rings. The molecule has 0 bridgehead atoms. The highest BCUT2D eigenvalue weighted by molar-refractivity contribution is 5.40. The fourth-order valence-corrected chi connectivity index (χ4v) is 1.94. The molecule has 21 heavy (non-hydrogen) atoms. The van der Waals surface area contributed by atoms with Gasteiger partial charge < -0.3 is 10.1 Å². The second kappa shape index (κ2) is 6.68. The molecule has 2 aromatic carbocycles. The Kier molecular flexibility index (Phi) is 4.91. The zero-order valence-electron chi connectivity index (χ0n) is 12.4. The first-order valence-corrected chi connectivity index (χ1v) is 6.91. The molecule has 0 unspecified atom stereocenters. The third-order valence-corrected chi connectivity index (χ3v) is 3.03. The van der Waals surface area contributed by atoms with Crippen LogP contribution < -0.4 is 10.1 Å². The maximum absolute atomic E-state index is 13.7. The number of benzene rings is 2. The van der Waals surface area contributed by atoms with Crippen LogP contribution in [-0.2, 0) is 6.54 Å². The first-order valence-electron chi connectivity index (χ1n) is 6.91. The molecular formula is C17H19F2NO. The van der Waals surface area contributed by atoms with Gasteiger partial charge in [0.2, 0.25) is 0 Å². The molecule has 1 N–H and O–H groups in total. The molecule has 0 aliphatic carbocycles. The SMILES string of the molecule is Cc1ccc(Oc2ccc(F)cc2F)c(CNC(C)C)c1. The molecule has 0 aliphatic rings. The molecule has 0 heterocycles. The number of nitrogens with one attached hydrogen (secondary N) is 1. The highest BCUT2D eigenvalue weighted by Gasteiger charge is 2.10. The van der Waals surface area contributed by atoms with Crippen LogP contribution in [0.25, 0.3) is 0 Å². The smallest absolute Gasteiger partial charge is 0.168 e. The molecule has 0 saturated carbocycles. The summed E-state index contributed by atoms with van der Waals surface area (Å²) in [6.45, 7) is 6.71. The van der Waals surface area contributed by atoms with E-state index in [-0.39, 0.29) is 5.75 Å². The van der Waals surface area contributed by atoms with Crippen LogP contribution in [0.3, 0.4) is 0 Å². The molecule has 2 rings (SSSR count). The number of hydrogen-bond donors (Lipinski definition) is 1. The highest BCUT2D eigenvalue weighted by Crippen LogP contribution is 2.28. The zero-order valence-corrected chi connectivity index (χ0v) is 12.4. The summed E-state index contributed by atoms with van der Waals surface area (Å²) in [7, 11) is 0. The molecule has 2 aromatic rings. The summed E-state index contributed by atoms with van der Waals surface area (Å²) in [5.41, 5.74) is 2.04. The van der Waals surface area contributed by atoms with Crippen LogP contribution in [0.15, 0.2) is 36.4 Å². The molecule has 112 valence electrons. The van der Waals surface area contributed by atoms with Crippen LogP contribution in [-0.4, -0.2) is 6.04 Å². The predicted octanol–water partition coefficient (Wildman–Crippen LogP) is 4.56. The van der Waals surface area contributed by atoms with E-state index in [1.54, 1.807) is 6.07 Å². The van der Waals surface area contributed by atoms with Crippen molar-refractivity contribution in [2.75, 3.05) is 0 Å². The normalized spacial score (nSPS) is 11.0. The third kappa shape index (κ3) is 4.26. The minimum absolute atomic E-state index is 0.0195. The van der Waals surface area contributed by atoms with E-state index in [2.05, 4.69) is 19.2 Å². The van der Waals surface area contributed by atoms with Crippen molar-refractivity contribution in [2.24, 2.45) is 0 Å². The van der Waals surface area contributed by atoms with Crippen molar-refractivity contribution in [1.82, 2.24) is 5.32 Å². The lowest BCUT2D eigenvalue weighted by Crippen LogP contribution is -2.22. The average molecular weight is 291 g/mol. The molecule has 2 nitrogen and oxygen atoms in total. The Balaban J connectivity index is 2.26. The number of rotatable bonds is 5. The number of ether oxygens (including phenoxy) is 1. The summed E-state index contributed by atoms with van der Waals surface area (Å²) >= 11 is 0. The van der Waals surface area contributed by atoms with Crippen molar-refractivity contribution in [3.8, 4) is 11.5 Å². The van der Waals surface area contributed by atoms with E-state index in [0.717, 1.165) is 17.2 Å². The van der Waals surface area contributed by atoms with E-state index in [4.69, 9.17) is 4.74 Å². The van der Waals surface area contributed by atoms with Gasteiger partial charge in [-0.2, -0.15) is 0 Å². The van der Waals surface area contributed by atoms with Crippen LogP contribution in [0.1, 0.15) is 25.0 Å². The van der Waals surface area contributed by atoms with Crippen molar-refractivity contribution in [2.45, 2.75) is 33.4 Å². The molecule has 0 saturated heterocycles. The van der Waals surface area contributed by atoms with Crippen molar-refractivity contribution in [3.05, 3.63) is 59.2 Å². The Labute approximate surface area is 123 Å². The van der Waals surface area contributed by atoms with E-state index in [0.29, 0.717) is 18.3 Å². The highest BCUT2D eigenvalue weighted by atomic mass is 19.1. The maximum Gasteiger partial charge on any atom is 0.168 e. The number of halogens is 2. The Morgan fingerprint density at radius 1 is 1.05 bits per heavy atom. The van der Waals surface area contributed by atoms with E-state index >= 15 is 0 Å². The molecular weight excluding hydrogens is 272 g/mol. The van der Waals surface area contributed by atoms with Gasteiger partial charge in [-0.15, -0.1) is 0 Å². The van der Waals surface area contributed by atoms with E-state index < -0.39 is 11.6 Å². The quantitative estimate of drug-likeness (QED) is 0.871. The lowest BCUT2D eigenvalue weighted by atomic mass is 10.1. The van der Waals surface area contributed by atoms with Crippen LogP contribution >= 0.6 is 0 Å². The third-order valence-electron chi connectivity index (χ3n) is 3.03. The van der Waals surface area contributed by atoms with Gasteiger partial charge in [0.25, 0.3) is 0 Å². The number of hydrogen-bond acceptors (Lipinski definition) is 2. The van der Waals surface area contributed by atoms with Gasteiger partial charge in [0.05, 0.1) is 0 Å². The fourth-order valence-electron chi connectivity index (χ4n) is 1.94. The summed E-state index contributed by atoms with van der Waals surface area (Å²) in [5.74, 6) is -0.742. The van der Waals surface area contributed by atoms with Crippen LogP contribution in [0, 0.1) is 18.6 Å². The lowest BCUT2D eigenvalue weighted by molar-refractivity contribution is 0.430. The van der Waals surface area contributed by atoms with E-state index in [9.17, 15) is 8.78 Å². The zero-order chi connectivity index (χ0) is 15.4. The summed E-state index contributed by atoms with van der Waals surface area (Å²) in [4.78, 5) is 0. The van der Waals surface area contributed by atoms with Gasteiger partial charge in [0.15, 0.2) is 11.6 Å². The average Bonchev–Trinajstić information content (AvgIpc) is 2.41. The Morgan fingerprint density at radius 3 is 2.43 bits per heavy atom. The molecule has 0 spiro atoms. The molecule has 0 amide bonds. The van der Waals surface area contributed by atoms with Gasteiger partial charge in [0.1, 0.15) is 11.6 Å². The minimum atomic E-state index is -0.710. The summed E-state index contributed by atoms with van der Waals surface area (Å²) < 4.78 is 32.2. The first kappa shape index (κ1) is 15.4.